The van der Waals surface area contributed by atoms with Crippen LogP contribution in [0.1, 0.15) is 44.4 Å². The van der Waals surface area contributed by atoms with E-state index in [0.717, 1.165) is 11.3 Å². The number of rotatable bonds is 4. The van der Waals surface area contributed by atoms with Crippen LogP contribution in [0, 0.1) is 5.41 Å². The molecule has 0 bridgehead atoms. The molecule has 1 unspecified atom stereocenters. The quantitative estimate of drug-likeness (QED) is 0.806. The second-order valence-corrected chi connectivity index (χ2v) is 6.67. The number of ketones is 1. The summed E-state index contributed by atoms with van der Waals surface area (Å²) >= 11 is 5.96. The Bertz CT molecular complexity index is 599. The molecule has 2 nitrogen and oxygen atoms in total. The molecular weight excluding hydrogens is 282 g/mol. The van der Waals surface area contributed by atoms with Gasteiger partial charge in [-0.2, -0.15) is 0 Å². The Morgan fingerprint density at radius 2 is 1.81 bits per heavy atom. The molecule has 21 heavy (non-hydrogen) atoms. The predicted octanol–water partition coefficient (Wildman–Crippen LogP) is 4.87. The molecule has 1 heterocycles. The van der Waals surface area contributed by atoms with Gasteiger partial charge in [0.2, 0.25) is 0 Å². The highest BCUT2D eigenvalue weighted by atomic mass is 35.5. The fourth-order valence-electron chi connectivity index (χ4n) is 2.16. The molecule has 1 atom stereocenters. The van der Waals surface area contributed by atoms with Crippen LogP contribution in [-0.4, -0.2) is 10.8 Å². The van der Waals surface area contributed by atoms with Crippen molar-refractivity contribution in [1.82, 2.24) is 4.98 Å². The number of carbonyl (C=O) groups excluding carboxylic acids is 1. The first kappa shape index (κ1) is 15.7. The van der Waals surface area contributed by atoms with Crippen molar-refractivity contribution in [2.45, 2.75) is 33.1 Å². The minimum atomic E-state index is -0.348. The van der Waals surface area contributed by atoms with Crippen LogP contribution in [0.5, 0.6) is 0 Å². The number of nitrogens with zero attached hydrogens (tertiary/aromatic N) is 1. The standard InChI is InChI=1S/C18H20ClNO/c1-18(2,3)17(21)12-15(16-6-4-5-11-20-16)13-7-9-14(19)10-8-13/h4-11,15H,12H2,1-3H3. The summed E-state index contributed by atoms with van der Waals surface area (Å²) in [5.41, 5.74) is 1.63. The number of benzene rings is 1. The van der Waals surface area contributed by atoms with E-state index in [1.165, 1.54) is 0 Å². The lowest BCUT2D eigenvalue weighted by atomic mass is 9.81. The van der Waals surface area contributed by atoms with E-state index >= 15 is 0 Å². The summed E-state index contributed by atoms with van der Waals surface area (Å²) in [6.45, 7) is 5.85. The Balaban J connectivity index is 2.36. The van der Waals surface area contributed by atoms with Crippen molar-refractivity contribution < 1.29 is 4.79 Å². The zero-order valence-electron chi connectivity index (χ0n) is 12.6. The molecule has 0 aliphatic heterocycles. The first-order chi connectivity index (χ1) is 9.88. The van der Waals surface area contributed by atoms with Crippen LogP contribution < -0.4 is 0 Å². The van der Waals surface area contributed by atoms with E-state index in [-0.39, 0.29) is 17.1 Å². The summed E-state index contributed by atoms with van der Waals surface area (Å²) in [4.78, 5) is 16.9. The first-order valence-corrected chi connectivity index (χ1v) is 7.45. The van der Waals surface area contributed by atoms with E-state index in [1.807, 2.05) is 63.2 Å². The van der Waals surface area contributed by atoms with E-state index in [2.05, 4.69) is 4.98 Å². The highest BCUT2D eigenvalue weighted by molar-refractivity contribution is 6.30. The second-order valence-electron chi connectivity index (χ2n) is 6.24. The number of hydrogen-bond acceptors (Lipinski definition) is 2. The maximum absolute atomic E-state index is 12.4. The van der Waals surface area contributed by atoms with Gasteiger partial charge in [0, 0.05) is 34.7 Å². The fraction of sp³-hybridized carbons (Fsp3) is 0.333. The van der Waals surface area contributed by atoms with Crippen molar-refractivity contribution in [3.8, 4) is 0 Å². The van der Waals surface area contributed by atoms with Gasteiger partial charge in [-0.05, 0) is 29.8 Å². The number of Topliss-reactive ketones (excluding diaryl/α,β-unsaturated/α-hetero) is 1. The van der Waals surface area contributed by atoms with E-state index in [4.69, 9.17) is 11.6 Å². The van der Waals surface area contributed by atoms with Crippen molar-refractivity contribution in [3.05, 3.63) is 64.9 Å². The van der Waals surface area contributed by atoms with E-state index < -0.39 is 0 Å². The lowest BCUT2D eigenvalue weighted by molar-refractivity contribution is -0.126. The first-order valence-electron chi connectivity index (χ1n) is 7.07. The van der Waals surface area contributed by atoms with Gasteiger partial charge in [-0.15, -0.1) is 0 Å². The Morgan fingerprint density at radius 1 is 1.14 bits per heavy atom. The lowest BCUT2D eigenvalue weighted by Gasteiger charge is -2.22. The highest BCUT2D eigenvalue weighted by Gasteiger charge is 2.26. The molecule has 1 aromatic carbocycles. The van der Waals surface area contributed by atoms with Crippen LogP contribution in [0.4, 0.5) is 0 Å². The zero-order valence-corrected chi connectivity index (χ0v) is 13.4. The molecule has 2 aromatic rings. The van der Waals surface area contributed by atoms with Crippen LogP contribution in [0.15, 0.2) is 48.7 Å². The summed E-state index contributed by atoms with van der Waals surface area (Å²) in [5, 5.41) is 0.695. The van der Waals surface area contributed by atoms with Crippen LogP contribution in [-0.2, 0) is 4.79 Å². The normalized spacial score (nSPS) is 13.0. The van der Waals surface area contributed by atoms with Crippen molar-refractivity contribution in [3.63, 3.8) is 0 Å². The SMILES string of the molecule is CC(C)(C)C(=O)CC(c1ccc(Cl)cc1)c1ccccn1. The molecule has 0 N–H and O–H groups in total. The Labute approximate surface area is 131 Å². The minimum Gasteiger partial charge on any atom is -0.299 e. The van der Waals surface area contributed by atoms with Gasteiger partial charge in [0.05, 0.1) is 0 Å². The number of carbonyl (C=O) groups is 1. The molecule has 0 aliphatic rings. The number of aromatic nitrogens is 1. The van der Waals surface area contributed by atoms with E-state index in [1.54, 1.807) is 6.20 Å². The molecule has 0 aliphatic carbocycles. The second kappa shape index (κ2) is 6.40. The minimum absolute atomic E-state index is 0.0322. The van der Waals surface area contributed by atoms with Gasteiger partial charge >= 0.3 is 0 Å². The predicted molar refractivity (Wildman–Crippen MR) is 86.6 cm³/mol. The van der Waals surface area contributed by atoms with Gasteiger partial charge in [-0.3, -0.25) is 9.78 Å². The summed E-state index contributed by atoms with van der Waals surface area (Å²) in [6, 6.07) is 13.5. The molecule has 0 saturated carbocycles. The molecule has 0 radical (unpaired) electrons. The smallest absolute Gasteiger partial charge is 0.139 e. The van der Waals surface area contributed by atoms with Crippen LogP contribution >= 0.6 is 11.6 Å². The van der Waals surface area contributed by atoms with Crippen molar-refractivity contribution in [1.29, 1.82) is 0 Å². The van der Waals surface area contributed by atoms with Gasteiger partial charge in [-0.25, -0.2) is 0 Å². The number of hydrogen-bond donors (Lipinski definition) is 0. The maximum atomic E-state index is 12.4. The summed E-state index contributed by atoms with van der Waals surface area (Å²) in [5.74, 6) is 0.197. The lowest BCUT2D eigenvalue weighted by Crippen LogP contribution is -2.23. The van der Waals surface area contributed by atoms with Gasteiger partial charge < -0.3 is 0 Å². The molecule has 0 fully saturated rings. The summed E-state index contributed by atoms with van der Waals surface area (Å²) in [6.07, 6.45) is 2.21. The van der Waals surface area contributed by atoms with Gasteiger partial charge in [0.15, 0.2) is 0 Å². The van der Waals surface area contributed by atoms with Crippen LogP contribution in [0.3, 0.4) is 0 Å². The van der Waals surface area contributed by atoms with E-state index in [0.29, 0.717) is 11.4 Å². The average molecular weight is 302 g/mol. The fourth-order valence-corrected chi connectivity index (χ4v) is 2.29. The number of halogens is 1. The molecule has 3 heteroatoms. The third kappa shape index (κ3) is 4.15. The Morgan fingerprint density at radius 3 is 2.33 bits per heavy atom. The molecular formula is C18H20ClNO. The van der Waals surface area contributed by atoms with Gasteiger partial charge in [0.25, 0.3) is 0 Å². The molecule has 0 spiro atoms. The van der Waals surface area contributed by atoms with Gasteiger partial charge in [-0.1, -0.05) is 50.6 Å². The topological polar surface area (TPSA) is 30.0 Å². The summed E-state index contributed by atoms with van der Waals surface area (Å²) in [7, 11) is 0. The van der Waals surface area contributed by atoms with Crippen LogP contribution in [0.25, 0.3) is 0 Å². The molecule has 110 valence electrons. The Kier molecular flexibility index (Phi) is 4.79. The Hall–Kier alpha value is -1.67. The maximum Gasteiger partial charge on any atom is 0.139 e. The number of pyridine rings is 1. The third-order valence-electron chi connectivity index (χ3n) is 3.54. The average Bonchev–Trinajstić information content (AvgIpc) is 2.45. The van der Waals surface area contributed by atoms with Gasteiger partial charge in [0.1, 0.15) is 5.78 Å². The monoisotopic (exact) mass is 301 g/mol. The largest absolute Gasteiger partial charge is 0.299 e. The molecule has 0 amide bonds. The molecule has 0 saturated heterocycles. The van der Waals surface area contributed by atoms with Crippen molar-refractivity contribution in [2.75, 3.05) is 0 Å². The van der Waals surface area contributed by atoms with Crippen molar-refractivity contribution >= 4 is 17.4 Å². The van der Waals surface area contributed by atoms with E-state index in [9.17, 15) is 4.79 Å². The van der Waals surface area contributed by atoms with Crippen LogP contribution in [0.2, 0.25) is 5.02 Å². The zero-order chi connectivity index (χ0) is 15.5. The summed E-state index contributed by atoms with van der Waals surface area (Å²) < 4.78 is 0. The van der Waals surface area contributed by atoms with Crippen molar-refractivity contribution in [2.24, 2.45) is 5.41 Å². The third-order valence-corrected chi connectivity index (χ3v) is 3.80. The molecule has 2 rings (SSSR count). The highest BCUT2D eigenvalue weighted by Crippen LogP contribution is 2.31. The molecule has 1 aromatic heterocycles.